The zero-order chi connectivity index (χ0) is 17.4. The standard InChI is InChI=1S/C20H24N4O/c1-13-5-6-15(18-4-3-7-21-20(13)18)10-24-11-16(19(25)12-24)9-17-8-14(2)22-23-17/h3-8,16,19,25H,9-12H2,1-2H3,(H,22,23)/t16-,19-/m1/s1. The molecule has 0 amide bonds. The van der Waals surface area contributed by atoms with Gasteiger partial charge in [-0.3, -0.25) is 15.0 Å². The summed E-state index contributed by atoms with van der Waals surface area (Å²) in [6, 6.07) is 10.5. The lowest BCUT2D eigenvalue weighted by Crippen LogP contribution is -2.21. The number of aliphatic hydroxyl groups is 1. The summed E-state index contributed by atoms with van der Waals surface area (Å²) in [5.41, 5.74) is 5.65. The van der Waals surface area contributed by atoms with Gasteiger partial charge < -0.3 is 5.11 Å². The van der Waals surface area contributed by atoms with Gasteiger partial charge in [-0.2, -0.15) is 5.10 Å². The molecule has 0 unspecified atom stereocenters. The lowest BCUT2D eigenvalue weighted by Gasteiger charge is -2.17. The number of H-pyrrole nitrogens is 1. The van der Waals surface area contributed by atoms with Crippen LogP contribution in [0.3, 0.4) is 0 Å². The minimum Gasteiger partial charge on any atom is -0.391 e. The second-order valence-corrected chi connectivity index (χ2v) is 7.21. The van der Waals surface area contributed by atoms with Crippen molar-refractivity contribution in [2.75, 3.05) is 13.1 Å². The first-order valence-corrected chi connectivity index (χ1v) is 8.84. The van der Waals surface area contributed by atoms with Gasteiger partial charge in [-0.15, -0.1) is 0 Å². The molecular weight excluding hydrogens is 312 g/mol. The predicted octanol–water partition coefficient (Wildman–Crippen LogP) is 2.61. The van der Waals surface area contributed by atoms with Crippen LogP contribution in [0.15, 0.2) is 36.5 Å². The Morgan fingerprint density at radius 1 is 1.24 bits per heavy atom. The number of β-amino-alcohol motifs (C(OH)–C–C–N with tert-alkyl or cyclic N) is 1. The first kappa shape index (κ1) is 16.2. The third-order valence-electron chi connectivity index (χ3n) is 5.17. The second kappa shape index (κ2) is 6.58. The van der Waals surface area contributed by atoms with E-state index in [0.717, 1.165) is 36.4 Å². The molecule has 1 aliphatic rings. The molecule has 25 heavy (non-hydrogen) atoms. The molecule has 1 fully saturated rings. The SMILES string of the molecule is Cc1cc(C[C@@H]2CN(Cc3ccc(C)c4ncccc34)C[C@H]2O)n[nH]1. The molecule has 3 aromatic rings. The van der Waals surface area contributed by atoms with E-state index in [1.165, 1.54) is 16.5 Å². The maximum atomic E-state index is 10.5. The van der Waals surface area contributed by atoms with Crippen LogP contribution in [0.4, 0.5) is 0 Å². The van der Waals surface area contributed by atoms with E-state index in [0.29, 0.717) is 6.54 Å². The molecule has 2 N–H and O–H groups in total. The van der Waals surface area contributed by atoms with Gasteiger partial charge in [0.2, 0.25) is 0 Å². The smallest absolute Gasteiger partial charge is 0.0734 e. The number of rotatable bonds is 4. The number of benzene rings is 1. The van der Waals surface area contributed by atoms with E-state index in [2.05, 4.69) is 51.3 Å². The van der Waals surface area contributed by atoms with Crippen molar-refractivity contribution < 1.29 is 5.11 Å². The number of aromatic nitrogens is 3. The van der Waals surface area contributed by atoms with E-state index < -0.39 is 0 Å². The lowest BCUT2D eigenvalue weighted by atomic mass is 10.00. The minimum absolute atomic E-state index is 0.234. The second-order valence-electron chi connectivity index (χ2n) is 7.21. The third-order valence-corrected chi connectivity index (χ3v) is 5.17. The van der Waals surface area contributed by atoms with Crippen LogP contribution in [0.1, 0.15) is 22.5 Å². The minimum atomic E-state index is -0.299. The Balaban J connectivity index is 1.50. The zero-order valence-corrected chi connectivity index (χ0v) is 14.7. The maximum absolute atomic E-state index is 10.5. The summed E-state index contributed by atoms with van der Waals surface area (Å²) in [6.45, 7) is 6.55. The summed E-state index contributed by atoms with van der Waals surface area (Å²) in [6.07, 6.45) is 2.37. The molecule has 0 spiro atoms. The number of nitrogens with one attached hydrogen (secondary N) is 1. The number of aliphatic hydroxyl groups excluding tert-OH is 1. The molecule has 4 rings (SSSR count). The lowest BCUT2D eigenvalue weighted by molar-refractivity contribution is 0.140. The number of nitrogens with zero attached hydrogens (tertiary/aromatic N) is 3. The predicted molar refractivity (Wildman–Crippen MR) is 98.3 cm³/mol. The molecule has 0 bridgehead atoms. The Morgan fingerprint density at radius 2 is 2.12 bits per heavy atom. The average Bonchev–Trinajstić information content (AvgIpc) is 3.16. The Hall–Kier alpha value is -2.24. The largest absolute Gasteiger partial charge is 0.391 e. The van der Waals surface area contributed by atoms with Gasteiger partial charge in [0.15, 0.2) is 0 Å². The summed E-state index contributed by atoms with van der Waals surface area (Å²) < 4.78 is 0. The number of hydrogen-bond acceptors (Lipinski definition) is 4. The fourth-order valence-electron chi connectivity index (χ4n) is 3.87. The molecule has 0 radical (unpaired) electrons. The molecule has 130 valence electrons. The number of pyridine rings is 1. The Labute approximate surface area is 147 Å². The van der Waals surface area contributed by atoms with Gasteiger partial charge >= 0.3 is 0 Å². The van der Waals surface area contributed by atoms with Crippen LogP contribution >= 0.6 is 0 Å². The van der Waals surface area contributed by atoms with Crippen molar-refractivity contribution in [1.82, 2.24) is 20.1 Å². The van der Waals surface area contributed by atoms with Crippen molar-refractivity contribution in [2.45, 2.75) is 32.9 Å². The fraction of sp³-hybridized carbons (Fsp3) is 0.400. The monoisotopic (exact) mass is 336 g/mol. The van der Waals surface area contributed by atoms with Crippen LogP contribution in [-0.4, -0.2) is 44.4 Å². The highest BCUT2D eigenvalue weighted by atomic mass is 16.3. The van der Waals surface area contributed by atoms with E-state index in [9.17, 15) is 5.11 Å². The maximum Gasteiger partial charge on any atom is 0.0734 e. The molecule has 0 saturated carbocycles. The highest BCUT2D eigenvalue weighted by Gasteiger charge is 2.32. The topological polar surface area (TPSA) is 65.0 Å². The summed E-state index contributed by atoms with van der Waals surface area (Å²) in [7, 11) is 0. The fourth-order valence-corrected chi connectivity index (χ4v) is 3.87. The van der Waals surface area contributed by atoms with Gasteiger partial charge in [-0.25, -0.2) is 0 Å². The van der Waals surface area contributed by atoms with Crippen LogP contribution in [0.2, 0.25) is 0 Å². The molecule has 2 aromatic heterocycles. The highest BCUT2D eigenvalue weighted by Crippen LogP contribution is 2.26. The van der Waals surface area contributed by atoms with Gasteiger partial charge in [0.05, 0.1) is 17.3 Å². The Bertz CT molecular complexity index is 888. The van der Waals surface area contributed by atoms with Crippen LogP contribution in [0.25, 0.3) is 10.9 Å². The Kier molecular flexibility index (Phi) is 4.27. The van der Waals surface area contributed by atoms with Crippen molar-refractivity contribution >= 4 is 10.9 Å². The molecule has 1 aromatic carbocycles. The number of fused-ring (bicyclic) bond motifs is 1. The van der Waals surface area contributed by atoms with E-state index in [-0.39, 0.29) is 12.0 Å². The molecule has 0 aliphatic carbocycles. The Morgan fingerprint density at radius 3 is 2.92 bits per heavy atom. The normalized spacial score (nSPS) is 21.2. The van der Waals surface area contributed by atoms with Gasteiger partial charge in [-0.05, 0) is 43.5 Å². The number of likely N-dealkylation sites (tertiary alicyclic amines) is 1. The third kappa shape index (κ3) is 3.30. The molecule has 5 heteroatoms. The highest BCUT2D eigenvalue weighted by molar-refractivity contribution is 5.84. The van der Waals surface area contributed by atoms with Gasteiger partial charge in [0.25, 0.3) is 0 Å². The molecule has 3 heterocycles. The summed E-state index contributed by atoms with van der Waals surface area (Å²) in [5, 5.41) is 19.0. The van der Waals surface area contributed by atoms with Crippen molar-refractivity contribution in [2.24, 2.45) is 5.92 Å². The number of hydrogen-bond donors (Lipinski definition) is 2. The first-order chi connectivity index (χ1) is 12.1. The summed E-state index contributed by atoms with van der Waals surface area (Å²) in [4.78, 5) is 6.86. The van der Waals surface area contributed by atoms with E-state index in [4.69, 9.17) is 0 Å². The number of aryl methyl sites for hydroxylation is 2. The van der Waals surface area contributed by atoms with Gasteiger partial charge in [-0.1, -0.05) is 18.2 Å². The summed E-state index contributed by atoms with van der Waals surface area (Å²) in [5.74, 6) is 0.234. The van der Waals surface area contributed by atoms with Crippen molar-refractivity contribution in [3.8, 4) is 0 Å². The number of aromatic amines is 1. The average molecular weight is 336 g/mol. The first-order valence-electron chi connectivity index (χ1n) is 8.84. The van der Waals surface area contributed by atoms with E-state index in [1.807, 2.05) is 19.2 Å². The molecular formula is C20H24N4O. The van der Waals surface area contributed by atoms with Crippen LogP contribution < -0.4 is 0 Å². The zero-order valence-electron chi connectivity index (χ0n) is 14.7. The molecule has 1 saturated heterocycles. The van der Waals surface area contributed by atoms with Crippen molar-refractivity contribution in [1.29, 1.82) is 0 Å². The molecule has 1 aliphatic heterocycles. The summed E-state index contributed by atoms with van der Waals surface area (Å²) >= 11 is 0. The quantitative estimate of drug-likeness (QED) is 0.769. The van der Waals surface area contributed by atoms with Crippen LogP contribution in [0, 0.1) is 19.8 Å². The van der Waals surface area contributed by atoms with Crippen LogP contribution in [0.5, 0.6) is 0 Å². The van der Waals surface area contributed by atoms with Crippen molar-refractivity contribution in [3.05, 3.63) is 59.0 Å². The molecule has 2 atom stereocenters. The molecule has 5 nitrogen and oxygen atoms in total. The van der Waals surface area contributed by atoms with Gasteiger partial charge in [0.1, 0.15) is 0 Å². The van der Waals surface area contributed by atoms with Crippen LogP contribution in [-0.2, 0) is 13.0 Å². The van der Waals surface area contributed by atoms with Crippen molar-refractivity contribution in [3.63, 3.8) is 0 Å². The van der Waals surface area contributed by atoms with E-state index >= 15 is 0 Å². The van der Waals surface area contributed by atoms with E-state index in [1.54, 1.807) is 0 Å². The van der Waals surface area contributed by atoms with Gasteiger partial charge in [0, 0.05) is 42.8 Å².